The fourth-order valence-electron chi connectivity index (χ4n) is 5.13. The third-order valence-corrected chi connectivity index (χ3v) is 8.30. The van der Waals surface area contributed by atoms with Crippen LogP contribution in [0, 0.1) is 23.0 Å². The summed E-state index contributed by atoms with van der Waals surface area (Å²) < 4.78 is 72.0. The molecule has 4 heterocycles. The molecule has 4 N–H and O–H groups in total. The van der Waals surface area contributed by atoms with E-state index in [9.17, 15) is 18.4 Å². The van der Waals surface area contributed by atoms with Crippen LogP contribution in [0.1, 0.15) is 11.1 Å². The molecule has 0 radical (unpaired) electrons. The normalized spacial score (nSPS) is 14.7. The molecule has 5 aromatic rings. The monoisotopic (exact) mass is 615 g/mol. The predicted octanol–water partition coefficient (Wildman–Crippen LogP) is 5.92. The number of aromatic nitrogens is 3. The average Bonchev–Trinajstić information content (AvgIpc) is 3.21. The van der Waals surface area contributed by atoms with Crippen LogP contribution in [-0.4, -0.2) is 41.3 Å². The number of alkyl halides is 2. The largest absolute Gasteiger partial charge is 0.489 e. The second-order valence-corrected chi connectivity index (χ2v) is 10.7. The van der Waals surface area contributed by atoms with Crippen LogP contribution < -0.4 is 25.8 Å². The highest BCUT2D eigenvalue weighted by molar-refractivity contribution is 7.23. The minimum absolute atomic E-state index is 0.0189. The third kappa shape index (κ3) is 4.24. The van der Waals surface area contributed by atoms with Gasteiger partial charge in [-0.2, -0.15) is 24.0 Å². The molecule has 2 aromatic carbocycles. The highest BCUT2D eigenvalue weighted by Gasteiger charge is 2.38. The molecule has 1 unspecified atom stereocenters. The zero-order valence-electron chi connectivity index (χ0n) is 21.5. The second kappa shape index (κ2) is 10.3. The number of hydrogen-bond acceptors (Lipinski definition) is 10. The number of anilines is 3. The Labute approximate surface area is 243 Å². The van der Waals surface area contributed by atoms with Gasteiger partial charge in [0.2, 0.25) is 0 Å². The van der Waals surface area contributed by atoms with Gasteiger partial charge >= 0.3 is 12.6 Å². The highest BCUT2D eigenvalue weighted by atomic mass is 35.5. The van der Waals surface area contributed by atoms with E-state index in [1.54, 1.807) is 12.1 Å². The van der Waals surface area contributed by atoms with Crippen LogP contribution in [0.25, 0.3) is 32.1 Å². The summed E-state index contributed by atoms with van der Waals surface area (Å²) in [5, 5.41) is 9.32. The summed E-state index contributed by atoms with van der Waals surface area (Å²) in [4.78, 5) is 12.9. The van der Waals surface area contributed by atoms with E-state index < -0.39 is 35.8 Å². The van der Waals surface area contributed by atoms with E-state index in [2.05, 4.69) is 15.0 Å². The molecule has 0 aliphatic carbocycles. The number of nitrogens with two attached hydrogens (primary N) is 2. The molecule has 0 saturated carbocycles. The number of methoxy groups -OCH3 is 1. The first kappa shape index (κ1) is 27.6. The van der Waals surface area contributed by atoms with Crippen molar-refractivity contribution in [2.24, 2.45) is 0 Å². The molecule has 3 aromatic heterocycles. The van der Waals surface area contributed by atoms with Crippen LogP contribution in [0.4, 0.5) is 34.2 Å². The van der Waals surface area contributed by atoms with Crippen LogP contribution in [0.5, 0.6) is 11.8 Å². The molecule has 0 amide bonds. The molecule has 9 nitrogen and oxygen atoms in total. The van der Waals surface area contributed by atoms with Crippen molar-refractivity contribution in [1.29, 1.82) is 5.26 Å². The summed E-state index contributed by atoms with van der Waals surface area (Å²) in [6.07, 6.45) is 1.48. The number of halogens is 5. The molecule has 1 aliphatic heterocycles. The lowest BCUT2D eigenvalue weighted by Gasteiger charge is -2.30. The van der Waals surface area contributed by atoms with Gasteiger partial charge in [0, 0.05) is 17.1 Å². The minimum Gasteiger partial charge on any atom is -0.489 e. The first-order chi connectivity index (χ1) is 20.1. The Balaban J connectivity index is 1.65. The van der Waals surface area contributed by atoms with Crippen molar-refractivity contribution in [2.75, 3.05) is 30.1 Å². The zero-order chi connectivity index (χ0) is 29.9. The number of ether oxygens (including phenoxy) is 2. The number of fused-ring (bicyclic) bond motifs is 1. The van der Waals surface area contributed by atoms with E-state index >= 15 is 4.39 Å². The van der Waals surface area contributed by atoms with E-state index in [-0.39, 0.29) is 72.6 Å². The first-order valence-electron chi connectivity index (χ1n) is 12.2. The standard InChI is InChI=1S/C27H18ClF4N7O2S/c1-40-27-37-21-18-22(41-9-11(39(26(31)32)25(18)38-27)6-10-4-5-36-15(34)7-10)19(28)17(20(21)30)12-2-3-14(29)23-16(12)13(8-33)24(35)42-23/h2-5,7,11,26H,6,9,35H2,1H3,(H2,34,36). The lowest BCUT2D eigenvalue weighted by Crippen LogP contribution is -2.44. The molecule has 15 heteroatoms. The van der Waals surface area contributed by atoms with Gasteiger partial charge in [0.1, 0.15) is 34.8 Å². The SMILES string of the molecule is COc1nc2c3c(c(Cl)c(-c4ccc(F)c5sc(N)c(C#N)c45)c(F)c3n1)OCC(Cc1ccnc(N)c1)N2C(F)F. The Bertz CT molecular complexity index is 1950. The Morgan fingerprint density at radius 2 is 2.02 bits per heavy atom. The lowest BCUT2D eigenvalue weighted by molar-refractivity contribution is 0.120. The van der Waals surface area contributed by atoms with Gasteiger partial charge in [0.15, 0.2) is 17.4 Å². The number of hydrogen-bond donors (Lipinski definition) is 2. The number of nitrogens with zero attached hydrogens (tertiary/aromatic N) is 5. The first-order valence-corrected chi connectivity index (χ1v) is 13.4. The van der Waals surface area contributed by atoms with E-state index in [0.29, 0.717) is 10.5 Å². The summed E-state index contributed by atoms with van der Waals surface area (Å²) in [5.74, 6) is -2.04. The van der Waals surface area contributed by atoms with Crippen LogP contribution in [0.2, 0.25) is 5.02 Å². The van der Waals surface area contributed by atoms with Crippen LogP contribution in [0.3, 0.4) is 0 Å². The third-order valence-electron chi connectivity index (χ3n) is 6.91. The van der Waals surface area contributed by atoms with Crippen molar-refractivity contribution in [3.8, 4) is 29.0 Å². The lowest BCUT2D eigenvalue weighted by atomic mass is 9.96. The summed E-state index contributed by atoms with van der Waals surface area (Å²) >= 11 is 7.62. The Hall–Kier alpha value is -4.61. The molecule has 1 aliphatic rings. The Morgan fingerprint density at radius 3 is 2.71 bits per heavy atom. The molecule has 0 bridgehead atoms. The van der Waals surface area contributed by atoms with Crippen molar-refractivity contribution in [2.45, 2.75) is 19.0 Å². The average molecular weight is 616 g/mol. The number of benzene rings is 2. The molecule has 0 spiro atoms. The summed E-state index contributed by atoms with van der Waals surface area (Å²) in [6.45, 7) is -3.42. The Morgan fingerprint density at radius 1 is 1.24 bits per heavy atom. The fourth-order valence-corrected chi connectivity index (χ4v) is 6.41. The number of nitriles is 1. The van der Waals surface area contributed by atoms with Gasteiger partial charge in [0.05, 0.1) is 33.8 Å². The minimum atomic E-state index is -3.10. The number of nitrogen functional groups attached to an aromatic ring is 2. The number of thiophene rings is 1. The maximum Gasteiger partial charge on any atom is 0.318 e. The van der Waals surface area contributed by atoms with Crippen molar-refractivity contribution in [3.05, 3.63) is 58.2 Å². The van der Waals surface area contributed by atoms with Crippen molar-refractivity contribution >= 4 is 60.6 Å². The van der Waals surface area contributed by atoms with Gasteiger partial charge in [-0.3, -0.25) is 4.90 Å². The molecule has 0 saturated heterocycles. The maximum absolute atomic E-state index is 16.6. The van der Waals surface area contributed by atoms with Gasteiger partial charge in [-0.05, 0) is 35.7 Å². The summed E-state index contributed by atoms with van der Waals surface area (Å²) in [6, 6.07) is 6.03. The molecular formula is C27H18ClF4N7O2S. The van der Waals surface area contributed by atoms with Crippen LogP contribution in [0.15, 0.2) is 30.5 Å². The molecule has 214 valence electrons. The van der Waals surface area contributed by atoms with E-state index in [0.717, 1.165) is 17.4 Å². The van der Waals surface area contributed by atoms with Crippen molar-refractivity contribution in [1.82, 2.24) is 15.0 Å². The smallest absolute Gasteiger partial charge is 0.318 e. The number of rotatable bonds is 5. The topological polar surface area (TPSA) is 136 Å². The molecule has 1 atom stereocenters. The van der Waals surface area contributed by atoms with Gasteiger partial charge in [-0.25, -0.2) is 13.8 Å². The zero-order valence-corrected chi connectivity index (χ0v) is 23.0. The van der Waals surface area contributed by atoms with Gasteiger partial charge < -0.3 is 20.9 Å². The van der Waals surface area contributed by atoms with Crippen molar-refractivity contribution in [3.63, 3.8) is 0 Å². The van der Waals surface area contributed by atoms with E-state index in [1.165, 1.54) is 19.4 Å². The maximum atomic E-state index is 16.6. The fraction of sp³-hybridized carbons (Fsp3) is 0.185. The van der Waals surface area contributed by atoms with E-state index in [4.69, 9.17) is 32.5 Å². The molecule has 42 heavy (non-hydrogen) atoms. The van der Waals surface area contributed by atoms with Crippen LogP contribution in [-0.2, 0) is 6.42 Å². The van der Waals surface area contributed by atoms with Gasteiger partial charge in [0.25, 0.3) is 0 Å². The molecular weight excluding hydrogens is 598 g/mol. The van der Waals surface area contributed by atoms with E-state index in [1.807, 2.05) is 6.07 Å². The Kier molecular flexibility index (Phi) is 6.78. The van der Waals surface area contributed by atoms with Gasteiger partial charge in [-0.1, -0.05) is 17.7 Å². The van der Waals surface area contributed by atoms with Crippen LogP contribution >= 0.6 is 22.9 Å². The summed E-state index contributed by atoms with van der Waals surface area (Å²) in [7, 11) is 1.21. The predicted molar refractivity (Wildman–Crippen MR) is 151 cm³/mol. The number of pyridine rings is 1. The molecule has 0 fully saturated rings. The second-order valence-electron chi connectivity index (χ2n) is 9.28. The highest BCUT2D eigenvalue weighted by Crippen LogP contribution is 2.51. The summed E-state index contributed by atoms with van der Waals surface area (Å²) in [5.41, 5.74) is 11.6. The van der Waals surface area contributed by atoms with Gasteiger partial charge in [-0.15, -0.1) is 11.3 Å². The molecule has 6 rings (SSSR count). The quantitative estimate of drug-likeness (QED) is 0.182. The van der Waals surface area contributed by atoms with Crippen molar-refractivity contribution < 1.29 is 27.0 Å².